The number of halogens is 1. The third-order valence-electron chi connectivity index (χ3n) is 6.56. The molecule has 3 aromatic carbocycles. The van der Waals surface area contributed by atoms with Gasteiger partial charge in [0.25, 0.3) is 15.9 Å². The molecule has 0 saturated carbocycles. The highest BCUT2D eigenvalue weighted by atomic mass is 35.5. The lowest BCUT2D eigenvalue weighted by molar-refractivity contribution is 0.0939. The van der Waals surface area contributed by atoms with E-state index in [9.17, 15) is 13.2 Å². The molecule has 3 aromatic rings. The van der Waals surface area contributed by atoms with Gasteiger partial charge in [0.15, 0.2) is 0 Å². The van der Waals surface area contributed by atoms with Crippen LogP contribution in [0, 0.1) is 20.8 Å². The van der Waals surface area contributed by atoms with Crippen LogP contribution >= 0.6 is 11.6 Å². The summed E-state index contributed by atoms with van der Waals surface area (Å²) in [5.74, 6) is -0.181. The van der Waals surface area contributed by atoms with E-state index in [-0.39, 0.29) is 22.9 Å². The number of amides is 1. The van der Waals surface area contributed by atoms with Crippen LogP contribution in [-0.2, 0) is 16.4 Å². The maximum atomic E-state index is 13.3. The molecule has 0 fully saturated rings. The van der Waals surface area contributed by atoms with E-state index in [1.54, 1.807) is 30.3 Å². The van der Waals surface area contributed by atoms with Gasteiger partial charge < -0.3 is 5.32 Å². The minimum atomic E-state index is -3.74. The lowest BCUT2D eigenvalue weighted by atomic mass is 9.96. The summed E-state index contributed by atoms with van der Waals surface area (Å²) in [6.07, 6.45) is 0.537. The minimum Gasteiger partial charge on any atom is -0.346 e. The summed E-state index contributed by atoms with van der Waals surface area (Å²) >= 11 is 5.93. The van der Waals surface area contributed by atoms with E-state index in [0.717, 1.165) is 16.7 Å². The van der Waals surface area contributed by atoms with E-state index in [0.29, 0.717) is 22.7 Å². The van der Waals surface area contributed by atoms with Crippen molar-refractivity contribution < 1.29 is 13.2 Å². The van der Waals surface area contributed by atoms with E-state index >= 15 is 0 Å². The number of fused-ring (bicyclic) bond motifs is 1. The van der Waals surface area contributed by atoms with Crippen molar-refractivity contribution in [1.29, 1.82) is 0 Å². The number of hydrogen-bond acceptors (Lipinski definition) is 3. The lowest BCUT2D eigenvalue weighted by Gasteiger charge is -2.24. The molecule has 0 aliphatic carbocycles. The molecule has 178 valence electrons. The van der Waals surface area contributed by atoms with E-state index in [1.807, 2.05) is 13.8 Å². The quantitative estimate of drug-likeness (QED) is 0.478. The van der Waals surface area contributed by atoms with Gasteiger partial charge >= 0.3 is 0 Å². The number of sulfonamides is 1. The van der Waals surface area contributed by atoms with Gasteiger partial charge in [-0.25, -0.2) is 8.42 Å². The largest absolute Gasteiger partial charge is 0.346 e. The van der Waals surface area contributed by atoms with Crippen LogP contribution in [0.15, 0.2) is 59.5 Å². The first kappa shape index (κ1) is 24.3. The third-order valence-corrected chi connectivity index (χ3v) is 8.76. The van der Waals surface area contributed by atoms with Gasteiger partial charge in [-0.2, -0.15) is 0 Å². The molecule has 0 spiro atoms. The number of rotatable bonds is 5. The van der Waals surface area contributed by atoms with Crippen LogP contribution in [0.4, 0.5) is 5.69 Å². The number of nitrogens with zero attached hydrogens (tertiary/aromatic N) is 1. The van der Waals surface area contributed by atoms with E-state index in [2.05, 4.69) is 38.2 Å². The Hall–Kier alpha value is -2.83. The number of carbonyl (C=O) groups is 1. The van der Waals surface area contributed by atoms with E-state index in [4.69, 9.17) is 11.6 Å². The first-order chi connectivity index (χ1) is 16.0. The Morgan fingerprint density at radius 2 is 1.65 bits per heavy atom. The standard InChI is InChI=1S/C27H29ClN2O3S/c1-16-12-18(3)25(13-17(16)2)20(5)29-27(31)21-6-11-26-22(15-21)14-19(4)30(26)34(32,33)24-9-7-23(28)8-10-24/h6-13,15,19-20H,14H2,1-5H3,(H,29,31)/t19-,20-/m1/s1. The molecule has 1 aliphatic rings. The summed E-state index contributed by atoms with van der Waals surface area (Å²) in [5.41, 5.74) is 6.61. The summed E-state index contributed by atoms with van der Waals surface area (Å²) in [7, 11) is -3.74. The topological polar surface area (TPSA) is 66.5 Å². The number of aryl methyl sites for hydroxylation is 3. The van der Waals surface area contributed by atoms with Crippen molar-refractivity contribution in [2.75, 3.05) is 4.31 Å². The molecule has 1 aliphatic heterocycles. The van der Waals surface area contributed by atoms with Crippen molar-refractivity contribution in [3.63, 3.8) is 0 Å². The number of nitrogens with one attached hydrogen (secondary N) is 1. The van der Waals surface area contributed by atoms with Crippen molar-refractivity contribution in [2.45, 2.75) is 58.0 Å². The fraction of sp³-hybridized carbons (Fsp3) is 0.296. The van der Waals surface area contributed by atoms with Gasteiger partial charge in [0.1, 0.15) is 0 Å². The smallest absolute Gasteiger partial charge is 0.264 e. The first-order valence-corrected chi connectivity index (χ1v) is 13.1. The van der Waals surface area contributed by atoms with Crippen molar-refractivity contribution in [2.24, 2.45) is 0 Å². The molecule has 0 radical (unpaired) electrons. The molecule has 0 aromatic heterocycles. The predicted molar refractivity (Wildman–Crippen MR) is 137 cm³/mol. The molecule has 34 heavy (non-hydrogen) atoms. The number of benzene rings is 3. The van der Waals surface area contributed by atoms with Crippen molar-refractivity contribution in [3.05, 3.63) is 93.0 Å². The Kier molecular flexibility index (Phi) is 6.49. The number of carbonyl (C=O) groups excluding carboxylic acids is 1. The highest BCUT2D eigenvalue weighted by Crippen LogP contribution is 2.37. The zero-order valence-corrected chi connectivity index (χ0v) is 21.6. The van der Waals surface area contributed by atoms with Crippen LogP contribution in [0.25, 0.3) is 0 Å². The summed E-state index contributed by atoms with van der Waals surface area (Å²) in [6.45, 7) is 10.1. The van der Waals surface area contributed by atoms with Gasteiger partial charge in [-0.05, 0) is 111 Å². The molecule has 1 heterocycles. The summed E-state index contributed by atoms with van der Waals surface area (Å²) < 4.78 is 28.1. The monoisotopic (exact) mass is 496 g/mol. The van der Waals surface area contributed by atoms with Crippen molar-refractivity contribution >= 4 is 33.2 Å². The van der Waals surface area contributed by atoms with E-state index < -0.39 is 10.0 Å². The maximum Gasteiger partial charge on any atom is 0.264 e. The second-order valence-electron chi connectivity index (χ2n) is 9.14. The number of hydrogen-bond donors (Lipinski definition) is 1. The molecule has 2 atom stereocenters. The zero-order valence-electron chi connectivity index (χ0n) is 20.0. The molecule has 4 rings (SSSR count). The average Bonchev–Trinajstić information content (AvgIpc) is 3.12. The van der Waals surface area contributed by atoms with Gasteiger partial charge in [0, 0.05) is 16.6 Å². The van der Waals surface area contributed by atoms with Gasteiger partial charge in [-0.1, -0.05) is 23.7 Å². The summed E-state index contributed by atoms with van der Waals surface area (Å²) in [4.78, 5) is 13.2. The molecule has 0 bridgehead atoms. The van der Waals surface area contributed by atoms with Gasteiger partial charge in [0.05, 0.1) is 16.6 Å². The third kappa shape index (κ3) is 4.44. The SMILES string of the molecule is Cc1cc(C)c([C@@H](C)NC(=O)c2ccc3c(c2)C[C@@H](C)N3S(=O)(=O)c2ccc(Cl)cc2)cc1C. The molecule has 1 amide bonds. The summed E-state index contributed by atoms with van der Waals surface area (Å²) in [6, 6.07) is 15.2. The molecule has 1 N–H and O–H groups in total. The summed E-state index contributed by atoms with van der Waals surface area (Å²) in [5, 5.41) is 3.57. The zero-order chi connectivity index (χ0) is 24.8. The molecule has 0 unspecified atom stereocenters. The van der Waals surface area contributed by atoms with Gasteiger partial charge in [0.2, 0.25) is 0 Å². The second-order valence-corrected chi connectivity index (χ2v) is 11.4. The normalized spacial score (nSPS) is 16.3. The molecule has 0 saturated heterocycles. The maximum absolute atomic E-state index is 13.3. The highest BCUT2D eigenvalue weighted by Gasteiger charge is 2.36. The van der Waals surface area contributed by atoms with Crippen molar-refractivity contribution in [1.82, 2.24) is 5.32 Å². The molecular weight excluding hydrogens is 468 g/mol. The fourth-order valence-electron chi connectivity index (χ4n) is 4.64. The molecule has 5 nitrogen and oxygen atoms in total. The number of anilines is 1. The second kappa shape index (κ2) is 9.08. The van der Waals surface area contributed by atoms with Crippen LogP contribution in [0.1, 0.15) is 58.1 Å². The molecule has 7 heteroatoms. The Morgan fingerprint density at radius 1 is 1.00 bits per heavy atom. The van der Waals surface area contributed by atoms with Crippen LogP contribution in [-0.4, -0.2) is 20.4 Å². The Labute approximate surface area is 206 Å². The van der Waals surface area contributed by atoms with Crippen LogP contribution in [0.3, 0.4) is 0 Å². The van der Waals surface area contributed by atoms with E-state index in [1.165, 1.54) is 27.6 Å². The molecular formula is C27H29ClN2O3S. The average molecular weight is 497 g/mol. The fourth-order valence-corrected chi connectivity index (χ4v) is 6.46. The van der Waals surface area contributed by atoms with Gasteiger partial charge in [-0.3, -0.25) is 9.10 Å². The van der Waals surface area contributed by atoms with Crippen LogP contribution < -0.4 is 9.62 Å². The predicted octanol–water partition coefficient (Wildman–Crippen LogP) is 5.90. The lowest BCUT2D eigenvalue weighted by Crippen LogP contribution is -2.35. The first-order valence-electron chi connectivity index (χ1n) is 11.3. The minimum absolute atomic E-state index is 0.152. The Bertz CT molecular complexity index is 1370. The van der Waals surface area contributed by atoms with Crippen LogP contribution in [0.5, 0.6) is 0 Å². The van der Waals surface area contributed by atoms with Gasteiger partial charge in [-0.15, -0.1) is 0 Å². The van der Waals surface area contributed by atoms with Crippen molar-refractivity contribution in [3.8, 4) is 0 Å². The van der Waals surface area contributed by atoms with Crippen LogP contribution in [0.2, 0.25) is 5.02 Å². The Morgan fingerprint density at radius 3 is 2.32 bits per heavy atom. The Balaban J connectivity index is 1.58. The highest BCUT2D eigenvalue weighted by molar-refractivity contribution is 7.92.